The van der Waals surface area contributed by atoms with Crippen LogP contribution in [-0.4, -0.2) is 12.6 Å². The number of unbranched alkanes of at least 4 members (excludes halogenated alkanes) is 3. The molecular formula is C26H38F2O3. The molecule has 0 amide bonds. The fourth-order valence-corrected chi connectivity index (χ4v) is 5.52. The van der Waals surface area contributed by atoms with Crippen molar-refractivity contribution in [3.63, 3.8) is 0 Å². The second kappa shape index (κ2) is 12.4. The van der Waals surface area contributed by atoms with Crippen molar-refractivity contribution in [2.24, 2.45) is 23.7 Å². The molecule has 1 aromatic rings. The van der Waals surface area contributed by atoms with E-state index < -0.39 is 6.61 Å². The number of ether oxygens (including phenoxy) is 2. The first-order valence-corrected chi connectivity index (χ1v) is 12.3. The van der Waals surface area contributed by atoms with Crippen molar-refractivity contribution in [3.8, 4) is 11.5 Å². The number of halogens is 2. The fourth-order valence-electron chi connectivity index (χ4n) is 5.52. The van der Waals surface area contributed by atoms with Crippen molar-refractivity contribution in [3.05, 3.63) is 24.3 Å². The molecule has 31 heavy (non-hydrogen) atoms. The number of alkyl halides is 2. The lowest BCUT2D eigenvalue weighted by molar-refractivity contribution is -0.140. The van der Waals surface area contributed by atoms with E-state index in [1.54, 1.807) is 0 Å². The van der Waals surface area contributed by atoms with E-state index in [-0.39, 0.29) is 17.6 Å². The summed E-state index contributed by atoms with van der Waals surface area (Å²) in [6, 6.07) is 5.79. The molecule has 2 aliphatic carbocycles. The molecule has 2 aliphatic rings. The summed E-state index contributed by atoms with van der Waals surface area (Å²) in [7, 11) is 0. The molecule has 0 radical (unpaired) electrons. The van der Waals surface area contributed by atoms with Crippen LogP contribution in [0.4, 0.5) is 8.78 Å². The van der Waals surface area contributed by atoms with Gasteiger partial charge in [-0.3, -0.25) is 4.79 Å². The summed E-state index contributed by atoms with van der Waals surface area (Å²) in [5.41, 5.74) is 0. The Bertz CT molecular complexity index is 645. The first-order valence-electron chi connectivity index (χ1n) is 12.3. The standard InChI is InChI=1S/C26H38F2O3/c1-2-3-4-5-6-19-7-9-20(10-8-19)21-11-13-22(14-12-21)25(29)30-23-15-17-24(18-16-23)31-26(27)28/h15-22,26H,2-14H2,1H3. The highest BCUT2D eigenvalue weighted by Crippen LogP contribution is 2.42. The molecule has 5 heteroatoms. The fraction of sp³-hybridized carbons (Fsp3) is 0.731. The van der Waals surface area contributed by atoms with Gasteiger partial charge >= 0.3 is 12.6 Å². The minimum Gasteiger partial charge on any atom is -0.435 e. The Labute approximate surface area is 185 Å². The average molecular weight is 437 g/mol. The van der Waals surface area contributed by atoms with Crippen LogP contribution in [0.1, 0.15) is 90.4 Å². The van der Waals surface area contributed by atoms with Gasteiger partial charge in [-0.1, -0.05) is 51.9 Å². The largest absolute Gasteiger partial charge is 0.435 e. The predicted molar refractivity (Wildman–Crippen MR) is 118 cm³/mol. The van der Waals surface area contributed by atoms with Crippen LogP contribution in [0.3, 0.4) is 0 Å². The molecule has 1 aromatic carbocycles. The van der Waals surface area contributed by atoms with E-state index >= 15 is 0 Å². The minimum atomic E-state index is -2.86. The summed E-state index contributed by atoms with van der Waals surface area (Å²) >= 11 is 0. The molecule has 174 valence electrons. The van der Waals surface area contributed by atoms with E-state index in [2.05, 4.69) is 11.7 Å². The predicted octanol–water partition coefficient (Wildman–Crippen LogP) is 7.78. The number of esters is 1. The van der Waals surface area contributed by atoms with Crippen molar-refractivity contribution in [2.45, 2.75) is 97.0 Å². The molecular weight excluding hydrogens is 398 g/mol. The van der Waals surface area contributed by atoms with Gasteiger partial charge in [-0.15, -0.1) is 0 Å². The highest BCUT2D eigenvalue weighted by molar-refractivity contribution is 5.75. The molecule has 2 saturated carbocycles. The topological polar surface area (TPSA) is 35.5 Å². The van der Waals surface area contributed by atoms with Gasteiger partial charge in [0.1, 0.15) is 11.5 Å². The lowest BCUT2D eigenvalue weighted by Crippen LogP contribution is -2.30. The molecule has 0 spiro atoms. The first-order chi connectivity index (χ1) is 15.0. The Hall–Kier alpha value is -1.65. The SMILES string of the molecule is CCCCCCC1CCC(C2CCC(C(=O)Oc3ccc(OC(F)F)cc3)CC2)CC1. The third kappa shape index (κ3) is 7.76. The van der Waals surface area contributed by atoms with E-state index in [0.717, 1.165) is 43.4 Å². The van der Waals surface area contributed by atoms with E-state index in [9.17, 15) is 13.6 Å². The van der Waals surface area contributed by atoms with Gasteiger partial charge in [0.2, 0.25) is 0 Å². The normalized spacial score (nSPS) is 26.6. The average Bonchev–Trinajstić information content (AvgIpc) is 2.78. The number of hydrogen-bond acceptors (Lipinski definition) is 3. The van der Waals surface area contributed by atoms with Crippen LogP contribution in [0.25, 0.3) is 0 Å². The van der Waals surface area contributed by atoms with Crippen molar-refractivity contribution in [2.75, 3.05) is 0 Å². The van der Waals surface area contributed by atoms with Crippen LogP contribution in [0.15, 0.2) is 24.3 Å². The van der Waals surface area contributed by atoms with Gasteiger partial charge in [-0.2, -0.15) is 8.78 Å². The zero-order valence-electron chi connectivity index (χ0n) is 18.9. The molecule has 0 bridgehead atoms. The molecule has 0 N–H and O–H groups in total. The van der Waals surface area contributed by atoms with E-state index in [0.29, 0.717) is 5.75 Å². The molecule has 3 rings (SSSR count). The molecule has 0 atom stereocenters. The van der Waals surface area contributed by atoms with Gasteiger partial charge in [0, 0.05) is 0 Å². The van der Waals surface area contributed by atoms with Crippen LogP contribution in [-0.2, 0) is 4.79 Å². The van der Waals surface area contributed by atoms with Crippen molar-refractivity contribution in [1.82, 2.24) is 0 Å². The van der Waals surface area contributed by atoms with Crippen LogP contribution >= 0.6 is 0 Å². The Balaban J connectivity index is 1.35. The smallest absolute Gasteiger partial charge is 0.387 e. The number of carbonyl (C=O) groups excluding carboxylic acids is 1. The quantitative estimate of drug-likeness (QED) is 0.213. The van der Waals surface area contributed by atoms with Gasteiger partial charge in [-0.05, 0) is 80.5 Å². The monoisotopic (exact) mass is 436 g/mol. The van der Waals surface area contributed by atoms with Crippen LogP contribution in [0, 0.1) is 23.7 Å². The lowest BCUT2D eigenvalue weighted by Gasteiger charge is -2.37. The van der Waals surface area contributed by atoms with E-state index in [4.69, 9.17) is 4.74 Å². The zero-order valence-corrected chi connectivity index (χ0v) is 18.9. The Kier molecular flexibility index (Phi) is 9.60. The summed E-state index contributed by atoms with van der Waals surface area (Å²) in [5, 5.41) is 0. The van der Waals surface area contributed by atoms with Gasteiger partial charge < -0.3 is 9.47 Å². The lowest BCUT2D eigenvalue weighted by atomic mass is 9.68. The van der Waals surface area contributed by atoms with Crippen molar-refractivity contribution in [1.29, 1.82) is 0 Å². The van der Waals surface area contributed by atoms with Crippen molar-refractivity contribution >= 4 is 5.97 Å². The van der Waals surface area contributed by atoms with Gasteiger partial charge in [-0.25, -0.2) is 0 Å². The molecule has 0 aliphatic heterocycles. The van der Waals surface area contributed by atoms with Crippen LogP contribution in [0.5, 0.6) is 11.5 Å². The zero-order chi connectivity index (χ0) is 22.1. The first kappa shape index (κ1) is 24.0. The minimum absolute atomic E-state index is 0.0526. The molecule has 0 saturated heterocycles. The summed E-state index contributed by atoms with van der Waals surface area (Å²) in [5.74, 6) is 2.73. The third-order valence-electron chi connectivity index (χ3n) is 7.40. The van der Waals surface area contributed by atoms with Gasteiger partial charge in [0.05, 0.1) is 5.92 Å². The van der Waals surface area contributed by atoms with Gasteiger partial charge in [0.25, 0.3) is 0 Å². The maximum Gasteiger partial charge on any atom is 0.387 e. The van der Waals surface area contributed by atoms with E-state index in [1.165, 1.54) is 82.1 Å². The second-order valence-corrected chi connectivity index (χ2v) is 9.51. The summed E-state index contributed by atoms with van der Waals surface area (Å²) in [6.45, 7) is -0.588. The molecule has 0 heterocycles. The molecule has 2 fully saturated rings. The summed E-state index contributed by atoms with van der Waals surface area (Å²) in [4.78, 5) is 12.5. The van der Waals surface area contributed by atoms with Crippen LogP contribution < -0.4 is 9.47 Å². The second-order valence-electron chi connectivity index (χ2n) is 9.51. The number of rotatable bonds is 10. The number of carbonyl (C=O) groups is 1. The molecule has 0 unspecified atom stereocenters. The number of benzene rings is 1. The molecule has 0 aromatic heterocycles. The van der Waals surface area contributed by atoms with Crippen LogP contribution in [0.2, 0.25) is 0 Å². The van der Waals surface area contributed by atoms with Gasteiger partial charge in [0.15, 0.2) is 0 Å². The Morgan fingerprint density at radius 1 is 0.871 bits per heavy atom. The Morgan fingerprint density at radius 2 is 1.45 bits per heavy atom. The third-order valence-corrected chi connectivity index (χ3v) is 7.40. The van der Waals surface area contributed by atoms with Crippen molar-refractivity contribution < 1.29 is 23.0 Å². The Morgan fingerprint density at radius 3 is 2.03 bits per heavy atom. The highest BCUT2D eigenvalue weighted by Gasteiger charge is 2.33. The molecule has 3 nitrogen and oxygen atoms in total. The summed E-state index contributed by atoms with van der Waals surface area (Å²) in [6.07, 6.45) is 16.4. The highest BCUT2D eigenvalue weighted by atomic mass is 19.3. The van der Waals surface area contributed by atoms with E-state index in [1.807, 2.05) is 0 Å². The maximum atomic E-state index is 12.5. The number of hydrogen-bond donors (Lipinski definition) is 0. The maximum absolute atomic E-state index is 12.5. The summed E-state index contributed by atoms with van der Waals surface area (Å²) < 4.78 is 34.3.